The van der Waals surface area contributed by atoms with E-state index in [0.717, 1.165) is 40.2 Å². The number of pyridine rings is 1. The van der Waals surface area contributed by atoms with Crippen LogP contribution in [-0.2, 0) is 0 Å². The number of benzene rings is 1. The highest BCUT2D eigenvalue weighted by atomic mass is 35.5. The second kappa shape index (κ2) is 7.94. The summed E-state index contributed by atoms with van der Waals surface area (Å²) in [5.41, 5.74) is 5.82. The van der Waals surface area contributed by atoms with Gasteiger partial charge in [-0.3, -0.25) is 4.98 Å². The first-order valence-corrected chi connectivity index (χ1v) is 11.5. The van der Waals surface area contributed by atoms with E-state index in [2.05, 4.69) is 63.0 Å². The first-order chi connectivity index (χ1) is 14.2. The molecule has 4 aromatic rings. The van der Waals surface area contributed by atoms with Gasteiger partial charge in [-0.1, -0.05) is 17.7 Å². The summed E-state index contributed by atoms with van der Waals surface area (Å²) in [5.74, 6) is 0.626. The zero-order valence-electron chi connectivity index (χ0n) is 16.4. The Hall–Kier alpha value is -2.14. The molecule has 3 nitrogen and oxygen atoms in total. The minimum absolute atomic E-state index is 0.408. The molecule has 1 aliphatic heterocycles. The number of fused-ring (bicyclic) bond motifs is 1. The van der Waals surface area contributed by atoms with Crippen molar-refractivity contribution >= 4 is 33.8 Å². The molecule has 0 aliphatic carbocycles. The lowest BCUT2D eigenvalue weighted by atomic mass is 9.92. The van der Waals surface area contributed by atoms with E-state index in [1.54, 1.807) is 11.3 Å². The van der Waals surface area contributed by atoms with Crippen LogP contribution in [0.25, 0.3) is 33.2 Å². The summed E-state index contributed by atoms with van der Waals surface area (Å²) in [5, 5.41) is 9.74. The second-order valence-corrected chi connectivity index (χ2v) is 9.09. The minimum atomic E-state index is 0.408. The molecule has 1 aliphatic rings. The fourth-order valence-electron chi connectivity index (χ4n) is 4.52. The van der Waals surface area contributed by atoms with Gasteiger partial charge in [0.25, 0.3) is 0 Å². The molecule has 5 heteroatoms. The van der Waals surface area contributed by atoms with Gasteiger partial charge in [0.1, 0.15) is 0 Å². The molecule has 0 bridgehead atoms. The Labute approximate surface area is 180 Å². The molecule has 5 rings (SSSR count). The Balaban J connectivity index is 1.64. The molecular formula is C24H24ClN3S. The van der Waals surface area contributed by atoms with E-state index in [1.165, 1.54) is 23.9 Å². The monoisotopic (exact) mass is 421 g/mol. The van der Waals surface area contributed by atoms with Crippen LogP contribution in [0.2, 0.25) is 5.02 Å². The predicted molar refractivity (Wildman–Crippen MR) is 124 cm³/mol. The van der Waals surface area contributed by atoms with E-state index >= 15 is 0 Å². The number of nitrogens with zero attached hydrogens (tertiary/aromatic N) is 2. The summed E-state index contributed by atoms with van der Waals surface area (Å²) in [6.45, 7) is 4.54. The third-order valence-corrected chi connectivity index (χ3v) is 7.17. The lowest BCUT2D eigenvalue weighted by molar-refractivity contribution is 0.284. The smallest absolute Gasteiger partial charge is 0.0506 e. The molecule has 1 aromatic carbocycles. The number of aromatic nitrogens is 2. The molecule has 29 heavy (non-hydrogen) atoms. The number of halogens is 1. The molecule has 2 unspecified atom stereocenters. The molecule has 1 fully saturated rings. The van der Waals surface area contributed by atoms with E-state index in [-0.39, 0.29) is 0 Å². The number of piperidine rings is 1. The normalized spacial score (nSPS) is 18.2. The average Bonchev–Trinajstić information content (AvgIpc) is 3.43. The maximum atomic E-state index is 6.71. The predicted octanol–water partition coefficient (Wildman–Crippen LogP) is 6.65. The molecule has 148 valence electrons. The highest BCUT2D eigenvalue weighted by Gasteiger charge is 2.24. The van der Waals surface area contributed by atoms with Crippen LogP contribution >= 0.6 is 22.9 Å². The fourth-order valence-corrected chi connectivity index (χ4v) is 5.45. The van der Waals surface area contributed by atoms with E-state index < -0.39 is 0 Å². The van der Waals surface area contributed by atoms with E-state index in [9.17, 15) is 0 Å². The van der Waals surface area contributed by atoms with Crippen LogP contribution in [0.4, 0.5) is 0 Å². The number of hydrogen-bond acceptors (Lipinski definition) is 3. The van der Waals surface area contributed by atoms with Crippen molar-refractivity contribution in [2.45, 2.75) is 25.8 Å². The number of rotatable bonds is 4. The van der Waals surface area contributed by atoms with Crippen LogP contribution in [0.5, 0.6) is 0 Å². The molecule has 0 saturated carbocycles. The molecule has 1 saturated heterocycles. The van der Waals surface area contributed by atoms with Crippen molar-refractivity contribution in [2.75, 3.05) is 13.1 Å². The summed E-state index contributed by atoms with van der Waals surface area (Å²) in [6.07, 6.45) is 8.67. The molecule has 0 amide bonds. The Morgan fingerprint density at radius 2 is 2.10 bits per heavy atom. The van der Waals surface area contributed by atoms with E-state index in [0.29, 0.717) is 12.0 Å². The molecule has 0 spiro atoms. The SMILES string of the molecule is CC(C1CCCNC1)n1cc(-c2cncc(-c3ccsc3)c2)c2c(Cl)cccc21. The van der Waals surface area contributed by atoms with Crippen LogP contribution in [0.3, 0.4) is 0 Å². The Kier molecular flexibility index (Phi) is 5.17. The van der Waals surface area contributed by atoms with Crippen molar-refractivity contribution in [1.29, 1.82) is 0 Å². The van der Waals surface area contributed by atoms with Gasteiger partial charge in [-0.2, -0.15) is 11.3 Å². The maximum absolute atomic E-state index is 6.71. The summed E-state index contributed by atoms with van der Waals surface area (Å²) in [6, 6.07) is 11.0. The maximum Gasteiger partial charge on any atom is 0.0506 e. The first-order valence-electron chi connectivity index (χ1n) is 10.2. The van der Waals surface area contributed by atoms with Gasteiger partial charge in [0.05, 0.1) is 10.5 Å². The molecular weight excluding hydrogens is 398 g/mol. The van der Waals surface area contributed by atoms with Gasteiger partial charge in [0.2, 0.25) is 0 Å². The van der Waals surface area contributed by atoms with Crippen molar-refractivity contribution in [3.63, 3.8) is 0 Å². The van der Waals surface area contributed by atoms with Gasteiger partial charge in [0, 0.05) is 46.7 Å². The first kappa shape index (κ1) is 18.9. The van der Waals surface area contributed by atoms with Crippen molar-refractivity contribution in [3.05, 3.63) is 64.7 Å². The lowest BCUT2D eigenvalue weighted by Gasteiger charge is -2.30. The third kappa shape index (κ3) is 3.50. The van der Waals surface area contributed by atoms with Crippen molar-refractivity contribution in [2.24, 2.45) is 5.92 Å². The molecule has 4 heterocycles. The van der Waals surface area contributed by atoms with Gasteiger partial charge in [-0.25, -0.2) is 0 Å². The average molecular weight is 422 g/mol. The van der Waals surface area contributed by atoms with E-state index in [1.807, 2.05) is 18.5 Å². The van der Waals surface area contributed by atoms with Gasteiger partial charge in [-0.15, -0.1) is 0 Å². The number of hydrogen-bond donors (Lipinski definition) is 1. The van der Waals surface area contributed by atoms with Crippen molar-refractivity contribution in [1.82, 2.24) is 14.9 Å². The molecule has 1 N–H and O–H groups in total. The van der Waals surface area contributed by atoms with Gasteiger partial charge >= 0.3 is 0 Å². The highest BCUT2D eigenvalue weighted by molar-refractivity contribution is 7.08. The Bertz CT molecular complexity index is 1130. The van der Waals surface area contributed by atoms with Crippen LogP contribution in [0.15, 0.2) is 59.7 Å². The second-order valence-electron chi connectivity index (χ2n) is 7.91. The molecule has 3 aromatic heterocycles. The summed E-state index contributed by atoms with van der Waals surface area (Å²) >= 11 is 8.42. The van der Waals surface area contributed by atoms with Crippen LogP contribution < -0.4 is 5.32 Å². The summed E-state index contributed by atoms with van der Waals surface area (Å²) in [7, 11) is 0. The zero-order chi connectivity index (χ0) is 19.8. The quantitative estimate of drug-likeness (QED) is 0.400. The largest absolute Gasteiger partial charge is 0.344 e. The third-order valence-electron chi connectivity index (χ3n) is 6.17. The van der Waals surface area contributed by atoms with Gasteiger partial charge < -0.3 is 9.88 Å². The molecule has 0 radical (unpaired) electrons. The van der Waals surface area contributed by atoms with Crippen molar-refractivity contribution < 1.29 is 0 Å². The summed E-state index contributed by atoms with van der Waals surface area (Å²) < 4.78 is 2.42. The zero-order valence-corrected chi connectivity index (χ0v) is 18.0. The Morgan fingerprint density at radius 3 is 2.90 bits per heavy atom. The minimum Gasteiger partial charge on any atom is -0.344 e. The van der Waals surface area contributed by atoms with Gasteiger partial charge in [-0.05, 0) is 79.4 Å². The molecule has 2 atom stereocenters. The van der Waals surface area contributed by atoms with Gasteiger partial charge in [0.15, 0.2) is 0 Å². The van der Waals surface area contributed by atoms with Crippen LogP contribution in [0.1, 0.15) is 25.8 Å². The lowest BCUT2D eigenvalue weighted by Crippen LogP contribution is -2.34. The highest BCUT2D eigenvalue weighted by Crippen LogP contribution is 2.39. The van der Waals surface area contributed by atoms with E-state index in [4.69, 9.17) is 11.6 Å². The van der Waals surface area contributed by atoms with Crippen LogP contribution in [-0.4, -0.2) is 22.6 Å². The Morgan fingerprint density at radius 1 is 1.21 bits per heavy atom. The fraction of sp³-hybridized carbons (Fsp3) is 0.292. The van der Waals surface area contributed by atoms with Crippen molar-refractivity contribution in [3.8, 4) is 22.3 Å². The number of thiophene rings is 1. The topological polar surface area (TPSA) is 29.9 Å². The van der Waals surface area contributed by atoms with Crippen LogP contribution in [0, 0.1) is 5.92 Å². The summed E-state index contributed by atoms with van der Waals surface area (Å²) in [4.78, 5) is 4.54. The number of nitrogens with one attached hydrogen (secondary N) is 1. The standard InChI is InChI=1S/C24H24ClN3S/c1-16(17-4-3-8-26-11-17)28-14-21(24-22(25)5-2-6-23(24)28)20-10-19(12-27-13-20)18-7-9-29-15-18/h2,5-7,9-10,12-17,26H,3-4,8,11H2,1H3.